The zero-order chi connectivity index (χ0) is 25.4. The van der Waals surface area contributed by atoms with Gasteiger partial charge in [0.1, 0.15) is 12.4 Å². The van der Waals surface area contributed by atoms with Crippen molar-refractivity contribution < 1.29 is 23.7 Å². The maximum absolute atomic E-state index is 12.9. The fourth-order valence-electron chi connectivity index (χ4n) is 5.39. The standard InChI is InChI=1S/C28H45N3O5/c1-28(2,27(32)30-22-9-14-34-15-10-22)18-23-6-7-24(19-29-23)36-20-21-5-8-26-25(17-21)31(12-16-35-26)11-4-13-33-3/h5,8,17,22-24,29H,4,6-7,9-16,18-20H2,1-3H3,(H,30,32)/t23-,24+/m0/s1. The van der Waals surface area contributed by atoms with Gasteiger partial charge in [0.05, 0.1) is 24.9 Å². The summed E-state index contributed by atoms with van der Waals surface area (Å²) in [4.78, 5) is 15.3. The van der Waals surface area contributed by atoms with E-state index in [1.807, 2.05) is 0 Å². The maximum Gasteiger partial charge on any atom is 0.225 e. The van der Waals surface area contributed by atoms with Crippen molar-refractivity contribution in [1.82, 2.24) is 10.6 Å². The molecule has 0 radical (unpaired) electrons. The van der Waals surface area contributed by atoms with Crippen LogP contribution in [0, 0.1) is 5.41 Å². The number of hydrogen-bond acceptors (Lipinski definition) is 7. The fourth-order valence-corrected chi connectivity index (χ4v) is 5.39. The number of rotatable bonds is 11. The molecule has 2 saturated heterocycles. The topological polar surface area (TPSA) is 81.3 Å². The molecule has 8 heteroatoms. The smallest absolute Gasteiger partial charge is 0.225 e. The molecule has 36 heavy (non-hydrogen) atoms. The number of piperidine rings is 1. The Kier molecular flexibility index (Phi) is 9.87. The number of benzene rings is 1. The number of anilines is 1. The molecule has 202 valence electrons. The highest BCUT2D eigenvalue weighted by Gasteiger charge is 2.34. The molecule has 0 unspecified atom stereocenters. The lowest BCUT2D eigenvalue weighted by atomic mass is 9.81. The Labute approximate surface area is 216 Å². The number of carbonyl (C=O) groups excluding carboxylic acids is 1. The molecule has 1 aromatic rings. The van der Waals surface area contributed by atoms with Crippen LogP contribution in [0.25, 0.3) is 0 Å². The van der Waals surface area contributed by atoms with E-state index in [0.717, 1.165) is 96.0 Å². The van der Waals surface area contributed by atoms with E-state index < -0.39 is 5.41 Å². The second-order valence-corrected chi connectivity index (χ2v) is 11.0. The SMILES string of the molecule is COCCCN1CCOc2ccc(CO[C@@H]3CC[C@@H](CC(C)(C)C(=O)NC4CCOCC4)NC3)cc21. The summed E-state index contributed by atoms with van der Waals surface area (Å²) in [6, 6.07) is 6.96. The van der Waals surface area contributed by atoms with Crippen LogP contribution in [-0.2, 0) is 25.6 Å². The number of amides is 1. The molecule has 3 heterocycles. The minimum atomic E-state index is -0.399. The van der Waals surface area contributed by atoms with Crippen molar-refractivity contribution in [3.8, 4) is 5.75 Å². The Bertz CT molecular complexity index is 834. The molecule has 0 bridgehead atoms. The van der Waals surface area contributed by atoms with E-state index in [4.69, 9.17) is 18.9 Å². The van der Waals surface area contributed by atoms with Crippen molar-refractivity contribution in [3.05, 3.63) is 23.8 Å². The quantitative estimate of drug-likeness (QED) is 0.449. The van der Waals surface area contributed by atoms with E-state index in [9.17, 15) is 4.79 Å². The lowest BCUT2D eigenvalue weighted by molar-refractivity contribution is -0.131. The van der Waals surface area contributed by atoms with Gasteiger partial charge >= 0.3 is 0 Å². The summed E-state index contributed by atoms with van der Waals surface area (Å²) in [5.41, 5.74) is 1.93. The number of ether oxygens (including phenoxy) is 4. The summed E-state index contributed by atoms with van der Waals surface area (Å²) < 4.78 is 22.8. The van der Waals surface area contributed by atoms with Gasteiger partial charge in [0.25, 0.3) is 0 Å². The summed E-state index contributed by atoms with van der Waals surface area (Å²) in [5.74, 6) is 1.11. The first kappa shape index (κ1) is 27.2. The number of fused-ring (bicyclic) bond motifs is 1. The minimum absolute atomic E-state index is 0.155. The van der Waals surface area contributed by atoms with Gasteiger partial charge in [0.15, 0.2) is 0 Å². The first-order valence-electron chi connectivity index (χ1n) is 13.7. The molecular formula is C28H45N3O5. The van der Waals surface area contributed by atoms with Crippen LogP contribution in [0.1, 0.15) is 57.9 Å². The lowest BCUT2D eigenvalue weighted by Gasteiger charge is -2.36. The van der Waals surface area contributed by atoms with E-state index in [2.05, 4.69) is 47.6 Å². The van der Waals surface area contributed by atoms with Crippen molar-refractivity contribution in [1.29, 1.82) is 0 Å². The fraction of sp³-hybridized carbons (Fsp3) is 0.750. The average Bonchev–Trinajstić information content (AvgIpc) is 2.89. The van der Waals surface area contributed by atoms with Crippen molar-refractivity contribution in [2.45, 2.75) is 77.2 Å². The van der Waals surface area contributed by atoms with E-state index in [-0.39, 0.29) is 18.1 Å². The summed E-state index contributed by atoms with van der Waals surface area (Å²) in [6.07, 6.45) is 5.86. The first-order valence-corrected chi connectivity index (χ1v) is 13.7. The summed E-state index contributed by atoms with van der Waals surface area (Å²) >= 11 is 0. The molecular weight excluding hydrogens is 458 g/mol. The van der Waals surface area contributed by atoms with E-state index >= 15 is 0 Å². The largest absolute Gasteiger partial charge is 0.490 e. The van der Waals surface area contributed by atoms with Crippen molar-refractivity contribution in [2.75, 3.05) is 58.1 Å². The van der Waals surface area contributed by atoms with Gasteiger partial charge in [-0.05, 0) is 56.2 Å². The molecule has 0 saturated carbocycles. The van der Waals surface area contributed by atoms with Gasteiger partial charge in [-0.25, -0.2) is 0 Å². The predicted molar refractivity (Wildman–Crippen MR) is 141 cm³/mol. The third kappa shape index (κ3) is 7.57. The molecule has 8 nitrogen and oxygen atoms in total. The first-order chi connectivity index (χ1) is 17.4. The molecule has 2 atom stereocenters. The Morgan fingerprint density at radius 2 is 2.03 bits per heavy atom. The summed E-state index contributed by atoms with van der Waals surface area (Å²) in [7, 11) is 1.75. The van der Waals surface area contributed by atoms with Gasteiger partial charge in [0.2, 0.25) is 5.91 Å². The average molecular weight is 504 g/mol. The highest BCUT2D eigenvalue weighted by atomic mass is 16.5. The van der Waals surface area contributed by atoms with Gasteiger partial charge < -0.3 is 34.5 Å². The second-order valence-electron chi connectivity index (χ2n) is 11.0. The Morgan fingerprint density at radius 3 is 2.78 bits per heavy atom. The number of methoxy groups -OCH3 is 1. The van der Waals surface area contributed by atoms with Crippen LogP contribution in [0.3, 0.4) is 0 Å². The number of carbonyl (C=O) groups is 1. The van der Waals surface area contributed by atoms with Crippen LogP contribution >= 0.6 is 0 Å². The maximum atomic E-state index is 12.9. The van der Waals surface area contributed by atoms with Gasteiger partial charge in [-0.2, -0.15) is 0 Å². The zero-order valence-corrected chi connectivity index (χ0v) is 22.4. The predicted octanol–water partition coefficient (Wildman–Crippen LogP) is 3.27. The van der Waals surface area contributed by atoms with Gasteiger partial charge in [-0.3, -0.25) is 4.79 Å². The molecule has 0 aromatic heterocycles. The highest BCUT2D eigenvalue weighted by Crippen LogP contribution is 2.33. The molecule has 3 aliphatic heterocycles. The van der Waals surface area contributed by atoms with E-state index in [1.54, 1.807) is 7.11 Å². The van der Waals surface area contributed by atoms with Gasteiger partial charge in [-0.15, -0.1) is 0 Å². The van der Waals surface area contributed by atoms with Crippen molar-refractivity contribution in [3.63, 3.8) is 0 Å². The minimum Gasteiger partial charge on any atom is -0.490 e. The van der Waals surface area contributed by atoms with Crippen LogP contribution in [0.4, 0.5) is 5.69 Å². The highest BCUT2D eigenvalue weighted by molar-refractivity contribution is 5.82. The van der Waals surface area contributed by atoms with Crippen LogP contribution in [0.15, 0.2) is 18.2 Å². The zero-order valence-electron chi connectivity index (χ0n) is 22.4. The van der Waals surface area contributed by atoms with Crippen LogP contribution in [-0.4, -0.2) is 77.3 Å². The Hall–Kier alpha value is -1.87. The van der Waals surface area contributed by atoms with Crippen molar-refractivity contribution in [2.24, 2.45) is 5.41 Å². The van der Waals surface area contributed by atoms with Crippen LogP contribution in [0.5, 0.6) is 5.75 Å². The molecule has 2 fully saturated rings. The molecule has 0 aliphatic carbocycles. The third-order valence-electron chi connectivity index (χ3n) is 7.64. The summed E-state index contributed by atoms with van der Waals surface area (Å²) in [6.45, 7) is 10.4. The molecule has 4 rings (SSSR count). The number of nitrogens with zero attached hydrogens (tertiary/aromatic N) is 1. The normalized spacial score (nSPS) is 23.1. The molecule has 1 aromatic carbocycles. The number of hydrogen-bond donors (Lipinski definition) is 2. The summed E-state index contributed by atoms with van der Waals surface area (Å²) in [5, 5.41) is 6.89. The third-order valence-corrected chi connectivity index (χ3v) is 7.64. The molecule has 2 N–H and O–H groups in total. The van der Waals surface area contributed by atoms with Crippen LogP contribution < -0.4 is 20.3 Å². The second kappa shape index (κ2) is 13.1. The molecule has 3 aliphatic rings. The van der Waals surface area contributed by atoms with Gasteiger partial charge in [0, 0.05) is 57.5 Å². The van der Waals surface area contributed by atoms with Gasteiger partial charge in [-0.1, -0.05) is 19.9 Å². The Morgan fingerprint density at radius 1 is 1.19 bits per heavy atom. The van der Waals surface area contributed by atoms with Crippen molar-refractivity contribution >= 4 is 11.6 Å². The molecule has 0 spiro atoms. The number of nitrogens with one attached hydrogen (secondary N) is 2. The molecule has 1 amide bonds. The van der Waals surface area contributed by atoms with Crippen LogP contribution in [0.2, 0.25) is 0 Å². The Balaban J connectivity index is 1.21. The monoisotopic (exact) mass is 503 g/mol. The van der Waals surface area contributed by atoms with E-state index in [1.165, 1.54) is 5.56 Å². The van der Waals surface area contributed by atoms with E-state index in [0.29, 0.717) is 12.6 Å². The lowest BCUT2D eigenvalue weighted by Crippen LogP contribution is -2.49.